The summed E-state index contributed by atoms with van der Waals surface area (Å²) in [5.74, 6) is 0.591. The second kappa shape index (κ2) is 5.53. The third-order valence-electron chi connectivity index (χ3n) is 2.78. The smallest absolute Gasteiger partial charge is 0.152 e. The summed E-state index contributed by atoms with van der Waals surface area (Å²) >= 11 is 6.05. The maximum absolute atomic E-state index is 11.5. The molecule has 0 saturated heterocycles. The van der Waals surface area contributed by atoms with Gasteiger partial charge in [-0.25, -0.2) is 8.42 Å². The molecule has 1 aromatic heterocycles. The Balaban J connectivity index is 2.41. The normalized spacial score (nSPS) is 13.8. The molecule has 2 aromatic rings. The Bertz CT molecular complexity index is 678. The lowest BCUT2D eigenvalue weighted by Gasteiger charge is -2.13. The molecule has 1 heterocycles. The van der Waals surface area contributed by atoms with E-state index in [1.807, 2.05) is 25.1 Å². The molecule has 0 saturated carbocycles. The van der Waals surface area contributed by atoms with E-state index in [1.54, 1.807) is 6.07 Å². The van der Waals surface area contributed by atoms with Crippen LogP contribution in [0.5, 0.6) is 0 Å². The van der Waals surface area contributed by atoms with Crippen LogP contribution in [0.4, 0.5) is 0 Å². The Morgan fingerprint density at radius 1 is 1.42 bits per heavy atom. The van der Waals surface area contributed by atoms with E-state index in [1.165, 1.54) is 6.26 Å². The van der Waals surface area contributed by atoms with Gasteiger partial charge in [0.1, 0.15) is 15.6 Å². The largest absolute Gasteiger partial charge is 0.458 e. The summed E-state index contributed by atoms with van der Waals surface area (Å²) in [6.45, 7) is 2.58. The van der Waals surface area contributed by atoms with Gasteiger partial charge in [-0.15, -0.1) is 0 Å². The first-order valence-electron chi connectivity index (χ1n) is 6.00. The average Bonchev–Trinajstić information content (AvgIpc) is 2.72. The number of benzene rings is 1. The predicted octanol–water partition coefficient (Wildman–Crippen LogP) is 2.78. The third-order valence-corrected chi connectivity index (χ3v) is 4.01. The molecule has 1 atom stereocenters. The molecule has 2 rings (SSSR count). The number of para-hydroxylation sites is 1. The van der Waals surface area contributed by atoms with Crippen LogP contribution in [0.2, 0.25) is 5.02 Å². The fraction of sp³-hybridized carbons (Fsp3) is 0.385. The number of halogens is 1. The molecule has 0 aliphatic rings. The van der Waals surface area contributed by atoms with Gasteiger partial charge in [-0.1, -0.05) is 30.7 Å². The molecular formula is C13H16ClNO3S. The first kappa shape index (κ1) is 14.4. The minimum absolute atomic E-state index is 0.00171. The van der Waals surface area contributed by atoms with E-state index in [0.29, 0.717) is 22.9 Å². The second-order valence-corrected chi connectivity index (χ2v) is 7.10. The monoisotopic (exact) mass is 301 g/mol. The van der Waals surface area contributed by atoms with E-state index >= 15 is 0 Å². The lowest BCUT2D eigenvalue weighted by atomic mass is 10.2. The van der Waals surface area contributed by atoms with Crippen molar-refractivity contribution in [1.82, 2.24) is 5.32 Å². The highest BCUT2D eigenvalue weighted by Crippen LogP contribution is 2.29. The van der Waals surface area contributed by atoms with Crippen LogP contribution in [0.3, 0.4) is 0 Å². The van der Waals surface area contributed by atoms with Gasteiger partial charge in [-0.2, -0.15) is 0 Å². The number of sulfone groups is 1. The Labute approximate surface area is 117 Å². The second-order valence-electron chi connectivity index (χ2n) is 4.51. The van der Waals surface area contributed by atoms with Crippen molar-refractivity contribution in [1.29, 1.82) is 0 Å². The van der Waals surface area contributed by atoms with Crippen molar-refractivity contribution in [3.8, 4) is 0 Å². The zero-order valence-electron chi connectivity index (χ0n) is 10.8. The van der Waals surface area contributed by atoms with Gasteiger partial charge in [0.2, 0.25) is 0 Å². The summed E-state index contributed by atoms with van der Waals surface area (Å²) in [5.41, 5.74) is 0.593. The van der Waals surface area contributed by atoms with Crippen LogP contribution in [-0.2, 0) is 9.84 Å². The van der Waals surface area contributed by atoms with Gasteiger partial charge in [0.05, 0.1) is 16.8 Å². The highest BCUT2D eigenvalue weighted by molar-refractivity contribution is 7.90. The maximum Gasteiger partial charge on any atom is 0.152 e. The topological polar surface area (TPSA) is 59.3 Å². The Morgan fingerprint density at radius 3 is 2.74 bits per heavy atom. The Morgan fingerprint density at radius 2 is 2.16 bits per heavy atom. The van der Waals surface area contributed by atoms with E-state index in [0.717, 1.165) is 5.39 Å². The lowest BCUT2D eigenvalue weighted by Crippen LogP contribution is -2.27. The van der Waals surface area contributed by atoms with Crippen molar-refractivity contribution in [3.05, 3.63) is 35.0 Å². The van der Waals surface area contributed by atoms with Crippen molar-refractivity contribution in [3.63, 3.8) is 0 Å². The first-order chi connectivity index (χ1) is 8.90. The third kappa shape index (κ3) is 3.49. The van der Waals surface area contributed by atoms with E-state index < -0.39 is 9.84 Å². The Hall–Kier alpha value is -1.04. The molecule has 1 unspecified atom stereocenters. The van der Waals surface area contributed by atoms with Crippen molar-refractivity contribution in [2.45, 2.75) is 13.0 Å². The highest BCUT2D eigenvalue weighted by Gasteiger charge is 2.20. The van der Waals surface area contributed by atoms with Crippen LogP contribution in [0.15, 0.2) is 28.7 Å². The van der Waals surface area contributed by atoms with Crippen LogP contribution in [0, 0.1) is 0 Å². The van der Waals surface area contributed by atoms with Crippen LogP contribution in [0.25, 0.3) is 11.0 Å². The highest BCUT2D eigenvalue weighted by atomic mass is 35.5. The van der Waals surface area contributed by atoms with Gasteiger partial charge in [-0.3, -0.25) is 0 Å². The van der Waals surface area contributed by atoms with Crippen LogP contribution in [0.1, 0.15) is 18.7 Å². The molecule has 0 bridgehead atoms. The minimum atomic E-state index is -3.10. The van der Waals surface area contributed by atoms with Crippen molar-refractivity contribution in [2.75, 3.05) is 18.6 Å². The summed E-state index contributed by atoms with van der Waals surface area (Å²) in [5, 5.41) is 4.52. The Kier molecular flexibility index (Phi) is 4.18. The fourth-order valence-electron chi connectivity index (χ4n) is 2.01. The van der Waals surface area contributed by atoms with Gasteiger partial charge in [0.25, 0.3) is 0 Å². The van der Waals surface area contributed by atoms with Gasteiger partial charge in [0.15, 0.2) is 5.58 Å². The number of hydrogen-bond donors (Lipinski definition) is 1. The molecule has 1 aromatic carbocycles. The van der Waals surface area contributed by atoms with E-state index in [4.69, 9.17) is 16.0 Å². The van der Waals surface area contributed by atoms with Gasteiger partial charge >= 0.3 is 0 Å². The van der Waals surface area contributed by atoms with Crippen LogP contribution in [-0.4, -0.2) is 27.0 Å². The molecule has 0 fully saturated rings. The molecule has 104 valence electrons. The molecule has 19 heavy (non-hydrogen) atoms. The molecule has 0 aliphatic carbocycles. The average molecular weight is 302 g/mol. The fourth-order valence-corrected chi connectivity index (χ4v) is 3.12. The number of furan rings is 1. The summed E-state index contributed by atoms with van der Waals surface area (Å²) in [6, 6.07) is 6.94. The quantitative estimate of drug-likeness (QED) is 0.922. The summed E-state index contributed by atoms with van der Waals surface area (Å²) in [6.07, 6.45) is 1.22. The molecule has 0 spiro atoms. The van der Waals surface area contributed by atoms with Crippen LogP contribution >= 0.6 is 11.6 Å². The lowest BCUT2D eigenvalue weighted by molar-refractivity contribution is 0.457. The maximum atomic E-state index is 11.5. The molecule has 4 nitrogen and oxygen atoms in total. The zero-order chi connectivity index (χ0) is 14.0. The molecule has 0 aliphatic heterocycles. The number of nitrogens with one attached hydrogen (secondary N) is 1. The molecule has 0 radical (unpaired) electrons. The van der Waals surface area contributed by atoms with E-state index in [9.17, 15) is 8.42 Å². The van der Waals surface area contributed by atoms with Gasteiger partial charge in [0, 0.05) is 11.6 Å². The van der Waals surface area contributed by atoms with Crippen molar-refractivity contribution < 1.29 is 12.8 Å². The number of fused-ring (bicyclic) bond motifs is 1. The first-order valence-corrected chi connectivity index (χ1v) is 8.43. The summed E-state index contributed by atoms with van der Waals surface area (Å²) in [4.78, 5) is 0. The summed E-state index contributed by atoms with van der Waals surface area (Å²) < 4.78 is 28.6. The van der Waals surface area contributed by atoms with Crippen molar-refractivity contribution in [2.24, 2.45) is 0 Å². The van der Waals surface area contributed by atoms with E-state index in [-0.39, 0.29) is 11.8 Å². The molecule has 0 amide bonds. The molecular weight excluding hydrogens is 286 g/mol. The minimum Gasteiger partial charge on any atom is -0.458 e. The van der Waals surface area contributed by atoms with Gasteiger partial charge in [-0.05, 0) is 18.7 Å². The van der Waals surface area contributed by atoms with E-state index in [2.05, 4.69) is 5.32 Å². The predicted molar refractivity (Wildman–Crippen MR) is 77.4 cm³/mol. The standard InChI is InChI=1S/C13H16ClNO3S/c1-3-15-11(8-19(2,16)17)12-7-9-5-4-6-10(14)13(9)18-12/h4-7,11,15H,3,8H2,1-2H3. The van der Waals surface area contributed by atoms with Gasteiger partial charge < -0.3 is 9.73 Å². The molecule has 6 heteroatoms. The molecule has 1 N–H and O–H groups in total. The van der Waals surface area contributed by atoms with Crippen molar-refractivity contribution >= 4 is 32.4 Å². The SMILES string of the molecule is CCNC(CS(C)(=O)=O)c1cc2cccc(Cl)c2o1. The summed E-state index contributed by atoms with van der Waals surface area (Å²) in [7, 11) is -3.10. The number of hydrogen-bond acceptors (Lipinski definition) is 4. The zero-order valence-corrected chi connectivity index (χ0v) is 12.4. The van der Waals surface area contributed by atoms with Crippen LogP contribution < -0.4 is 5.32 Å². The number of rotatable bonds is 5.